The number of hydrogen-bond donors (Lipinski definition) is 2. The number of thioether (sulfide) groups is 1. The quantitative estimate of drug-likeness (QED) is 0.587. The summed E-state index contributed by atoms with van der Waals surface area (Å²) in [6.45, 7) is 3.12. The summed E-state index contributed by atoms with van der Waals surface area (Å²) < 4.78 is 6.89. The first-order valence-electron chi connectivity index (χ1n) is 8.07. The smallest absolute Gasteiger partial charge is 0.233 e. The van der Waals surface area contributed by atoms with Crippen molar-refractivity contribution in [2.24, 2.45) is 0 Å². The molecule has 2 aromatic rings. The molecule has 3 N–H and O–H groups in total. The maximum absolute atomic E-state index is 12.2. The predicted octanol–water partition coefficient (Wildman–Crippen LogP) is 2.09. The van der Waals surface area contributed by atoms with E-state index in [0.717, 1.165) is 25.0 Å². The molecule has 9 heteroatoms. The number of halogens is 1. The number of aromatic nitrogens is 3. The number of hydrogen-bond acceptors (Lipinski definition) is 6. The van der Waals surface area contributed by atoms with Gasteiger partial charge in [-0.05, 0) is 44.0 Å². The molecule has 0 spiro atoms. The summed E-state index contributed by atoms with van der Waals surface area (Å²) in [4.78, 5) is 12.2. The topological polar surface area (TPSA) is 95.1 Å². The highest BCUT2D eigenvalue weighted by Crippen LogP contribution is 2.25. The molecule has 1 aliphatic heterocycles. The minimum absolute atomic E-state index is 0.0726. The number of ether oxygens (including phenoxy) is 1. The van der Waals surface area contributed by atoms with Crippen molar-refractivity contribution in [3.8, 4) is 11.4 Å². The third-order valence-corrected chi connectivity index (χ3v) is 5.26. The lowest BCUT2D eigenvalue weighted by Crippen LogP contribution is -2.36. The van der Waals surface area contributed by atoms with Crippen molar-refractivity contribution in [3.05, 3.63) is 29.3 Å². The van der Waals surface area contributed by atoms with Crippen LogP contribution >= 0.6 is 23.4 Å². The Labute approximate surface area is 155 Å². The standard InChI is InChI=1S/C16H20ClN5O2S/c1-10(15(23)19-9-13-3-2-8-24-13)25-16-21-20-14(22(16)18)11-4-6-12(17)7-5-11/h4-7,10,13H,2-3,8-9,18H2,1H3,(H,19,23)/t10-,13-/m0/s1. The van der Waals surface area contributed by atoms with Gasteiger partial charge in [-0.1, -0.05) is 23.4 Å². The summed E-state index contributed by atoms with van der Waals surface area (Å²) in [7, 11) is 0. The Morgan fingerprint density at radius 2 is 2.24 bits per heavy atom. The van der Waals surface area contributed by atoms with E-state index in [1.165, 1.54) is 16.4 Å². The van der Waals surface area contributed by atoms with Crippen molar-refractivity contribution < 1.29 is 9.53 Å². The first-order chi connectivity index (χ1) is 12.0. The maximum Gasteiger partial charge on any atom is 0.233 e. The molecular weight excluding hydrogens is 362 g/mol. The fraction of sp³-hybridized carbons (Fsp3) is 0.438. The van der Waals surface area contributed by atoms with Crippen molar-refractivity contribution >= 4 is 29.3 Å². The highest BCUT2D eigenvalue weighted by atomic mass is 35.5. The molecule has 2 atom stereocenters. The van der Waals surface area contributed by atoms with Gasteiger partial charge < -0.3 is 15.9 Å². The van der Waals surface area contributed by atoms with Gasteiger partial charge in [0.2, 0.25) is 11.1 Å². The monoisotopic (exact) mass is 381 g/mol. The molecule has 1 aliphatic rings. The number of nitrogens with zero attached hydrogens (tertiary/aromatic N) is 3. The van der Waals surface area contributed by atoms with Gasteiger partial charge in [-0.25, -0.2) is 4.68 Å². The summed E-state index contributed by atoms with van der Waals surface area (Å²) in [5.74, 6) is 6.53. The molecule has 3 rings (SSSR count). The van der Waals surface area contributed by atoms with Gasteiger partial charge in [-0.2, -0.15) is 0 Å². The van der Waals surface area contributed by atoms with E-state index >= 15 is 0 Å². The van der Waals surface area contributed by atoms with Crippen LogP contribution in [-0.2, 0) is 9.53 Å². The zero-order chi connectivity index (χ0) is 17.8. The Balaban J connectivity index is 1.60. The number of nitrogen functional groups attached to an aromatic ring is 1. The number of rotatable bonds is 6. The van der Waals surface area contributed by atoms with Crippen LogP contribution < -0.4 is 11.2 Å². The van der Waals surface area contributed by atoms with E-state index in [9.17, 15) is 4.79 Å². The molecule has 1 aromatic heterocycles. The van der Waals surface area contributed by atoms with E-state index in [2.05, 4.69) is 15.5 Å². The van der Waals surface area contributed by atoms with Crippen LogP contribution in [-0.4, -0.2) is 45.3 Å². The summed E-state index contributed by atoms with van der Waals surface area (Å²) in [6, 6.07) is 7.17. The molecule has 1 fully saturated rings. The van der Waals surface area contributed by atoms with Crippen LogP contribution in [0.4, 0.5) is 0 Å². The Bertz CT molecular complexity index is 731. The molecule has 7 nitrogen and oxygen atoms in total. The van der Waals surface area contributed by atoms with E-state index in [0.29, 0.717) is 22.5 Å². The Morgan fingerprint density at radius 1 is 1.48 bits per heavy atom. The van der Waals surface area contributed by atoms with Crippen molar-refractivity contribution in [2.45, 2.75) is 36.3 Å². The number of carbonyl (C=O) groups excluding carboxylic acids is 1. The minimum Gasteiger partial charge on any atom is -0.376 e. The molecule has 0 radical (unpaired) electrons. The molecule has 1 saturated heterocycles. The lowest BCUT2D eigenvalue weighted by Gasteiger charge is -2.14. The van der Waals surface area contributed by atoms with E-state index < -0.39 is 0 Å². The van der Waals surface area contributed by atoms with Gasteiger partial charge >= 0.3 is 0 Å². The van der Waals surface area contributed by atoms with Gasteiger partial charge in [-0.3, -0.25) is 4.79 Å². The molecule has 0 bridgehead atoms. The Kier molecular flexibility index (Phi) is 5.82. The normalized spacial score (nSPS) is 18.2. The summed E-state index contributed by atoms with van der Waals surface area (Å²) in [5.41, 5.74) is 0.807. The van der Waals surface area contributed by atoms with Gasteiger partial charge in [-0.15, -0.1) is 10.2 Å². The molecule has 1 aromatic carbocycles. The summed E-state index contributed by atoms with van der Waals surface area (Å²) in [5, 5.41) is 11.9. The highest BCUT2D eigenvalue weighted by molar-refractivity contribution is 8.00. The number of nitrogens with one attached hydrogen (secondary N) is 1. The predicted molar refractivity (Wildman–Crippen MR) is 97.9 cm³/mol. The lowest BCUT2D eigenvalue weighted by molar-refractivity contribution is -0.120. The SMILES string of the molecule is C[C@H](Sc1nnc(-c2ccc(Cl)cc2)n1N)C(=O)NC[C@@H]1CCCO1. The zero-order valence-corrected chi connectivity index (χ0v) is 15.4. The first-order valence-corrected chi connectivity index (χ1v) is 9.32. The van der Waals surface area contributed by atoms with E-state index in [1.54, 1.807) is 12.1 Å². The van der Waals surface area contributed by atoms with Gasteiger partial charge in [0.1, 0.15) is 0 Å². The molecule has 0 aliphatic carbocycles. The maximum atomic E-state index is 12.2. The van der Waals surface area contributed by atoms with Crippen LogP contribution in [0.15, 0.2) is 29.4 Å². The van der Waals surface area contributed by atoms with Gasteiger partial charge in [0.25, 0.3) is 0 Å². The van der Waals surface area contributed by atoms with Crippen LogP contribution in [0.1, 0.15) is 19.8 Å². The van der Waals surface area contributed by atoms with Gasteiger partial charge in [0.15, 0.2) is 5.82 Å². The molecule has 134 valence electrons. The van der Waals surface area contributed by atoms with Crippen molar-refractivity contribution in [2.75, 3.05) is 19.0 Å². The second-order valence-electron chi connectivity index (χ2n) is 5.82. The third kappa shape index (κ3) is 4.45. The zero-order valence-electron chi connectivity index (χ0n) is 13.8. The summed E-state index contributed by atoms with van der Waals surface area (Å²) >= 11 is 7.16. The highest BCUT2D eigenvalue weighted by Gasteiger charge is 2.22. The molecule has 1 amide bonds. The van der Waals surface area contributed by atoms with E-state index in [4.69, 9.17) is 22.2 Å². The van der Waals surface area contributed by atoms with Crippen molar-refractivity contribution in [1.82, 2.24) is 20.2 Å². The number of carbonyl (C=O) groups is 1. The van der Waals surface area contributed by atoms with Crippen LogP contribution in [0.2, 0.25) is 5.02 Å². The molecular formula is C16H20ClN5O2S. The van der Waals surface area contributed by atoms with Gasteiger partial charge in [0, 0.05) is 23.7 Å². The minimum atomic E-state index is -0.342. The number of benzene rings is 1. The van der Waals surface area contributed by atoms with Crippen LogP contribution in [0, 0.1) is 0 Å². The van der Waals surface area contributed by atoms with Crippen LogP contribution in [0.5, 0.6) is 0 Å². The number of nitrogens with two attached hydrogens (primary N) is 1. The second kappa shape index (κ2) is 8.07. The summed E-state index contributed by atoms with van der Waals surface area (Å²) in [6.07, 6.45) is 2.16. The van der Waals surface area contributed by atoms with E-state index in [-0.39, 0.29) is 17.3 Å². The lowest BCUT2D eigenvalue weighted by atomic mass is 10.2. The fourth-order valence-electron chi connectivity index (χ4n) is 2.53. The second-order valence-corrected chi connectivity index (χ2v) is 7.57. The molecule has 0 saturated carbocycles. The fourth-order valence-corrected chi connectivity index (χ4v) is 3.45. The third-order valence-electron chi connectivity index (χ3n) is 3.95. The van der Waals surface area contributed by atoms with Crippen molar-refractivity contribution in [3.63, 3.8) is 0 Å². The Morgan fingerprint density at radius 3 is 2.92 bits per heavy atom. The molecule has 2 heterocycles. The largest absolute Gasteiger partial charge is 0.376 e. The average Bonchev–Trinajstić information content (AvgIpc) is 3.24. The number of amides is 1. The molecule has 25 heavy (non-hydrogen) atoms. The van der Waals surface area contributed by atoms with Gasteiger partial charge in [0.05, 0.1) is 11.4 Å². The average molecular weight is 382 g/mol. The van der Waals surface area contributed by atoms with E-state index in [1.807, 2.05) is 19.1 Å². The van der Waals surface area contributed by atoms with Crippen LogP contribution in [0.3, 0.4) is 0 Å². The Hall–Kier alpha value is -1.77. The van der Waals surface area contributed by atoms with Crippen LogP contribution in [0.25, 0.3) is 11.4 Å². The molecule has 0 unspecified atom stereocenters. The van der Waals surface area contributed by atoms with Crippen molar-refractivity contribution in [1.29, 1.82) is 0 Å². The first kappa shape index (κ1) is 18.0.